The highest BCUT2D eigenvalue weighted by Gasteiger charge is 2.20. The van der Waals surface area contributed by atoms with Gasteiger partial charge in [0.15, 0.2) is 0 Å². The Labute approximate surface area is 163 Å². The van der Waals surface area contributed by atoms with Crippen molar-refractivity contribution in [2.45, 2.75) is 19.4 Å². The standard InChI is InChI=1S/C18H18F2N6O3/c1-10(9-27)23-17(28)13-5-15(11-3-4-14(16(19)20)21-6-11)24-26(18(13)29)12-7-22-25(2)8-12/h3-8,10,16,27H,9H2,1-2H3,(H,23,28). The highest BCUT2D eigenvalue weighted by molar-refractivity contribution is 5.95. The fourth-order valence-corrected chi connectivity index (χ4v) is 2.52. The number of pyridine rings is 1. The lowest BCUT2D eigenvalue weighted by molar-refractivity contribution is 0.0920. The summed E-state index contributed by atoms with van der Waals surface area (Å²) in [6.45, 7) is 1.27. The normalized spacial score (nSPS) is 12.2. The van der Waals surface area contributed by atoms with E-state index in [2.05, 4.69) is 20.5 Å². The minimum absolute atomic E-state index is 0.184. The molecular formula is C18H18F2N6O3. The van der Waals surface area contributed by atoms with Crippen LogP contribution < -0.4 is 10.9 Å². The summed E-state index contributed by atoms with van der Waals surface area (Å²) in [6.07, 6.45) is 1.41. The lowest BCUT2D eigenvalue weighted by atomic mass is 10.1. The smallest absolute Gasteiger partial charge is 0.284 e. The molecule has 1 atom stereocenters. The molecule has 1 amide bonds. The van der Waals surface area contributed by atoms with E-state index in [1.807, 2.05) is 0 Å². The number of carbonyl (C=O) groups is 1. The van der Waals surface area contributed by atoms with Gasteiger partial charge in [0.25, 0.3) is 17.9 Å². The van der Waals surface area contributed by atoms with E-state index in [-0.39, 0.29) is 17.9 Å². The van der Waals surface area contributed by atoms with Crippen molar-refractivity contribution < 1.29 is 18.7 Å². The number of aliphatic hydroxyl groups is 1. The first-order valence-corrected chi connectivity index (χ1v) is 8.59. The molecule has 3 heterocycles. The average molecular weight is 404 g/mol. The Morgan fingerprint density at radius 3 is 2.62 bits per heavy atom. The van der Waals surface area contributed by atoms with Crippen molar-refractivity contribution in [3.63, 3.8) is 0 Å². The molecule has 3 rings (SSSR count). The van der Waals surface area contributed by atoms with Gasteiger partial charge >= 0.3 is 0 Å². The zero-order valence-electron chi connectivity index (χ0n) is 15.6. The summed E-state index contributed by atoms with van der Waals surface area (Å²) in [4.78, 5) is 29.1. The van der Waals surface area contributed by atoms with Crippen LogP contribution in [-0.2, 0) is 7.05 Å². The maximum Gasteiger partial charge on any atom is 0.284 e. The van der Waals surface area contributed by atoms with Crippen LogP contribution in [0.25, 0.3) is 16.9 Å². The largest absolute Gasteiger partial charge is 0.394 e. The number of aromatic nitrogens is 5. The topological polar surface area (TPSA) is 115 Å². The summed E-state index contributed by atoms with van der Waals surface area (Å²) in [5.41, 5.74) is -0.469. The second kappa shape index (κ2) is 8.27. The van der Waals surface area contributed by atoms with E-state index in [9.17, 15) is 18.4 Å². The van der Waals surface area contributed by atoms with Crippen molar-refractivity contribution in [1.29, 1.82) is 0 Å². The van der Waals surface area contributed by atoms with Crippen LogP contribution >= 0.6 is 0 Å². The Morgan fingerprint density at radius 1 is 1.31 bits per heavy atom. The van der Waals surface area contributed by atoms with Crippen molar-refractivity contribution in [2.24, 2.45) is 7.05 Å². The number of rotatable bonds is 6. The number of nitrogens with zero attached hydrogens (tertiary/aromatic N) is 5. The predicted molar refractivity (Wildman–Crippen MR) is 98.8 cm³/mol. The Morgan fingerprint density at radius 2 is 2.07 bits per heavy atom. The van der Waals surface area contributed by atoms with Gasteiger partial charge in [-0.05, 0) is 25.1 Å². The van der Waals surface area contributed by atoms with Crippen LogP contribution in [0.2, 0.25) is 0 Å². The number of alkyl halides is 2. The van der Waals surface area contributed by atoms with E-state index < -0.39 is 29.6 Å². The number of aryl methyl sites for hydroxylation is 1. The summed E-state index contributed by atoms with van der Waals surface area (Å²) in [6, 6.07) is 3.22. The summed E-state index contributed by atoms with van der Waals surface area (Å²) < 4.78 is 28.0. The molecule has 1 unspecified atom stereocenters. The zero-order chi connectivity index (χ0) is 21.1. The highest BCUT2D eigenvalue weighted by Crippen LogP contribution is 2.21. The maximum atomic E-state index is 12.8. The molecule has 0 saturated carbocycles. The SMILES string of the molecule is CC(CO)NC(=O)c1cc(-c2ccc(C(F)F)nc2)nn(-c2cnn(C)c2)c1=O. The Balaban J connectivity index is 2.14. The molecule has 0 aliphatic rings. The maximum absolute atomic E-state index is 12.8. The quantitative estimate of drug-likeness (QED) is 0.635. The van der Waals surface area contributed by atoms with Crippen LogP contribution in [-0.4, -0.2) is 48.2 Å². The first-order chi connectivity index (χ1) is 13.8. The van der Waals surface area contributed by atoms with Gasteiger partial charge in [0.2, 0.25) is 0 Å². The van der Waals surface area contributed by atoms with Gasteiger partial charge in [0.1, 0.15) is 16.9 Å². The molecular weight excluding hydrogens is 386 g/mol. The van der Waals surface area contributed by atoms with Gasteiger partial charge in [0.05, 0.1) is 24.7 Å². The fourth-order valence-electron chi connectivity index (χ4n) is 2.52. The Kier molecular flexibility index (Phi) is 5.78. The highest BCUT2D eigenvalue weighted by atomic mass is 19.3. The zero-order valence-corrected chi connectivity index (χ0v) is 15.6. The van der Waals surface area contributed by atoms with Crippen LogP contribution in [0.4, 0.5) is 8.78 Å². The number of hydrogen-bond donors (Lipinski definition) is 2. The molecule has 3 aromatic rings. The molecule has 9 nitrogen and oxygen atoms in total. The molecule has 0 saturated heterocycles. The van der Waals surface area contributed by atoms with Crippen LogP contribution in [0.3, 0.4) is 0 Å². The minimum Gasteiger partial charge on any atom is -0.394 e. The van der Waals surface area contributed by atoms with Crippen molar-refractivity contribution in [3.05, 3.63) is 58.4 Å². The number of nitrogens with one attached hydrogen (secondary N) is 1. The van der Waals surface area contributed by atoms with Gasteiger partial charge in [-0.3, -0.25) is 19.3 Å². The monoisotopic (exact) mass is 404 g/mol. The Hall–Kier alpha value is -3.47. The second-order valence-corrected chi connectivity index (χ2v) is 6.36. The number of aliphatic hydroxyl groups excluding tert-OH is 1. The van der Waals surface area contributed by atoms with E-state index in [0.717, 1.165) is 10.7 Å². The molecule has 152 valence electrons. The number of halogens is 2. The van der Waals surface area contributed by atoms with Gasteiger partial charge in [-0.25, -0.2) is 8.78 Å². The van der Waals surface area contributed by atoms with Gasteiger partial charge in [0, 0.05) is 24.8 Å². The third kappa shape index (κ3) is 4.35. The molecule has 0 bridgehead atoms. The molecule has 2 N–H and O–H groups in total. The van der Waals surface area contributed by atoms with E-state index in [4.69, 9.17) is 5.11 Å². The molecule has 0 aromatic carbocycles. The molecule has 11 heteroatoms. The summed E-state index contributed by atoms with van der Waals surface area (Å²) in [7, 11) is 1.65. The van der Waals surface area contributed by atoms with Gasteiger partial charge in [-0.15, -0.1) is 0 Å². The summed E-state index contributed by atoms with van der Waals surface area (Å²) in [5, 5.41) is 19.9. The van der Waals surface area contributed by atoms with Gasteiger partial charge < -0.3 is 10.4 Å². The molecule has 0 fully saturated rings. The molecule has 29 heavy (non-hydrogen) atoms. The first-order valence-electron chi connectivity index (χ1n) is 8.59. The third-order valence-electron chi connectivity index (χ3n) is 4.05. The molecule has 0 radical (unpaired) electrons. The predicted octanol–water partition coefficient (Wildman–Crippen LogP) is 1.08. The van der Waals surface area contributed by atoms with Crippen LogP contribution in [0, 0.1) is 0 Å². The third-order valence-corrected chi connectivity index (χ3v) is 4.05. The Bertz CT molecular complexity index is 1080. The second-order valence-electron chi connectivity index (χ2n) is 6.36. The molecule has 0 aliphatic heterocycles. The lowest BCUT2D eigenvalue weighted by Gasteiger charge is -2.13. The van der Waals surface area contributed by atoms with E-state index in [1.165, 1.54) is 35.4 Å². The minimum atomic E-state index is -2.72. The number of hydrogen-bond acceptors (Lipinski definition) is 6. The van der Waals surface area contributed by atoms with E-state index in [1.54, 1.807) is 14.0 Å². The summed E-state index contributed by atoms with van der Waals surface area (Å²) >= 11 is 0. The number of amides is 1. The number of carbonyl (C=O) groups excluding carboxylic acids is 1. The van der Waals surface area contributed by atoms with Crippen LogP contribution in [0.1, 0.15) is 29.4 Å². The van der Waals surface area contributed by atoms with Gasteiger partial charge in [-0.2, -0.15) is 14.9 Å². The molecule has 3 aromatic heterocycles. The first kappa shape index (κ1) is 20.3. The van der Waals surface area contributed by atoms with Crippen molar-refractivity contribution in [2.75, 3.05) is 6.61 Å². The molecule has 0 spiro atoms. The van der Waals surface area contributed by atoms with Crippen LogP contribution in [0.15, 0.2) is 41.6 Å². The lowest BCUT2D eigenvalue weighted by Crippen LogP contribution is -2.39. The van der Waals surface area contributed by atoms with Crippen LogP contribution in [0.5, 0.6) is 0 Å². The van der Waals surface area contributed by atoms with Gasteiger partial charge in [-0.1, -0.05) is 0 Å². The van der Waals surface area contributed by atoms with Crippen molar-refractivity contribution >= 4 is 5.91 Å². The van der Waals surface area contributed by atoms with E-state index in [0.29, 0.717) is 11.3 Å². The van der Waals surface area contributed by atoms with E-state index >= 15 is 0 Å². The summed E-state index contributed by atoms with van der Waals surface area (Å²) in [5.74, 6) is -0.699. The molecule has 0 aliphatic carbocycles. The van der Waals surface area contributed by atoms with Crippen molar-refractivity contribution in [1.82, 2.24) is 29.9 Å². The average Bonchev–Trinajstić information content (AvgIpc) is 3.14. The van der Waals surface area contributed by atoms with Crippen molar-refractivity contribution in [3.8, 4) is 16.9 Å². The fraction of sp³-hybridized carbons (Fsp3) is 0.278.